The first kappa shape index (κ1) is 19.2. The number of rotatable bonds is 7. The molecule has 7 heteroatoms. The van der Waals surface area contributed by atoms with Gasteiger partial charge < -0.3 is 9.64 Å². The third kappa shape index (κ3) is 3.93. The Labute approximate surface area is 163 Å². The molecule has 3 rings (SSSR count). The maximum atomic E-state index is 12.5. The lowest BCUT2D eigenvalue weighted by Crippen LogP contribution is -2.33. The largest absolute Gasteiger partial charge is 0.497 e. The molecule has 0 spiro atoms. The monoisotopic (exact) mass is 384 g/mol. The molecule has 0 aliphatic heterocycles. The molecule has 1 aromatic carbocycles. The van der Waals surface area contributed by atoms with Crippen LogP contribution in [0.4, 0.5) is 0 Å². The Hall–Kier alpha value is -2.54. The van der Waals surface area contributed by atoms with Gasteiger partial charge in [0.05, 0.1) is 18.4 Å². The van der Waals surface area contributed by atoms with Gasteiger partial charge in [-0.1, -0.05) is 23.9 Å². The van der Waals surface area contributed by atoms with Crippen molar-refractivity contribution in [2.45, 2.75) is 25.9 Å². The maximum Gasteiger partial charge on any atom is 0.233 e. The molecule has 0 aliphatic rings. The lowest BCUT2D eigenvalue weighted by atomic mass is 10.1. The first-order valence-electron chi connectivity index (χ1n) is 8.82. The Bertz CT molecular complexity index is 1010. The van der Waals surface area contributed by atoms with Crippen LogP contribution in [0.15, 0.2) is 41.6 Å². The molecule has 2 heterocycles. The van der Waals surface area contributed by atoms with Crippen molar-refractivity contribution in [1.82, 2.24) is 19.5 Å². The highest BCUT2D eigenvalue weighted by Gasteiger charge is 2.16. The SMILES string of the molecule is C=C(C)CN(CC)C(=O)CSc1nnc2cc(C)c3ccc(OC)cc3n12. The van der Waals surface area contributed by atoms with Gasteiger partial charge in [0.25, 0.3) is 0 Å². The van der Waals surface area contributed by atoms with Gasteiger partial charge in [-0.15, -0.1) is 10.2 Å². The van der Waals surface area contributed by atoms with Crippen LogP contribution < -0.4 is 4.74 Å². The summed E-state index contributed by atoms with van der Waals surface area (Å²) in [5, 5.41) is 10.4. The molecule has 6 nitrogen and oxygen atoms in total. The number of aromatic nitrogens is 3. The Morgan fingerprint density at radius 2 is 2.11 bits per heavy atom. The quantitative estimate of drug-likeness (QED) is 0.459. The van der Waals surface area contributed by atoms with E-state index >= 15 is 0 Å². The normalized spacial score (nSPS) is 11.1. The highest BCUT2D eigenvalue weighted by Crippen LogP contribution is 2.28. The van der Waals surface area contributed by atoms with Crippen LogP contribution in [-0.2, 0) is 4.79 Å². The lowest BCUT2D eigenvalue weighted by molar-refractivity contribution is -0.127. The molecular formula is C20H24N4O2S. The minimum absolute atomic E-state index is 0.0660. The number of hydrogen-bond acceptors (Lipinski definition) is 5. The minimum Gasteiger partial charge on any atom is -0.497 e. The van der Waals surface area contributed by atoms with Crippen LogP contribution in [0.3, 0.4) is 0 Å². The molecular weight excluding hydrogens is 360 g/mol. The summed E-state index contributed by atoms with van der Waals surface area (Å²) in [6.07, 6.45) is 0. The summed E-state index contributed by atoms with van der Waals surface area (Å²) >= 11 is 1.40. The summed E-state index contributed by atoms with van der Waals surface area (Å²) in [7, 11) is 1.65. The molecule has 0 radical (unpaired) electrons. The molecule has 0 fully saturated rings. The number of pyridine rings is 1. The number of aryl methyl sites for hydroxylation is 1. The second-order valence-corrected chi connectivity index (χ2v) is 7.48. The number of methoxy groups -OCH3 is 1. The fraction of sp³-hybridized carbons (Fsp3) is 0.350. The minimum atomic E-state index is 0.0660. The summed E-state index contributed by atoms with van der Waals surface area (Å²) in [6, 6.07) is 7.96. The van der Waals surface area contributed by atoms with E-state index in [4.69, 9.17) is 4.74 Å². The average Bonchev–Trinajstić information content (AvgIpc) is 3.06. The van der Waals surface area contributed by atoms with Gasteiger partial charge in [0.2, 0.25) is 5.91 Å². The summed E-state index contributed by atoms with van der Waals surface area (Å²) in [5.74, 6) is 1.14. The predicted molar refractivity (Wildman–Crippen MR) is 110 cm³/mol. The fourth-order valence-corrected chi connectivity index (χ4v) is 3.90. The standard InChI is InChI=1S/C20H24N4O2S/c1-6-23(11-13(2)3)19(25)12-27-20-22-21-18-9-14(4)16-8-7-15(26-5)10-17(16)24(18)20/h7-10H,2,6,11-12H2,1,3-5H3. The van der Waals surface area contributed by atoms with E-state index in [0.717, 1.165) is 33.4 Å². The van der Waals surface area contributed by atoms with E-state index in [-0.39, 0.29) is 5.91 Å². The number of amides is 1. The molecule has 0 aliphatic carbocycles. The van der Waals surface area contributed by atoms with Crippen molar-refractivity contribution in [2.75, 3.05) is 26.0 Å². The summed E-state index contributed by atoms with van der Waals surface area (Å²) in [4.78, 5) is 14.3. The van der Waals surface area contributed by atoms with E-state index in [1.54, 1.807) is 12.0 Å². The van der Waals surface area contributed by atoms with Crippen LogP contribution in [0.25, 0.3) is 16.6 Å². The number of benzene rings is 1. The summed E-state index contributed by atoms with van der Waals surface area (Å²) in [5.41, 5.74) is 3.83. The number of carbonyl (C=O) groups excluding carboxylic acids is 1. The van der Waals surface area contributed by atoms with Crippen molar-refractivity contribution < 1.29 is 9.53 Å². The first-order valence-corrected chi connectivity index (χ1v) is 9.80. The Kier molecular flexibility index (Phi) is 5.70. The van der Waals surface area contributed by atoms with Crippen molar-refractivity contribution in [3.8, 4) is 5.75 Å². The zero-order chi connectivity index (χ0) is 19.6. The van der Waals surface area contributed by atoms with Crippen LogP contribution in [0, 0.1) is 6.92 Å². The number of thioether (sulfide) groups is 1. The average molecular weight is 385 g/mol. The van der Waals surface area contributed by atoms with Crippen LogP contribution >= 0.6 is 11.8 Å². The Balaban J connectivity index is 1.94. The van der Waals surface area contributed by atoms with E-state index in [2.05, 4.69) is 23.7 Å². The van der Waals surface area contributed by atoms with E-state index in [9.17, 15) is 4.79 Å². The molecule has 0 saturated carbocycles. The van der Waals surface area contributed by atoms with E-state index in [0.29, 0.717) is 24.0 Å². The number of carbonyl (C=O) groups is 1. The molecule has 3 aromatic rings. The second-order valence-electron chi connectivity index (χ2n) is 6.54. The van der Waals surface area contributed by atoms with Crippen molar-refractivity contribution in [2.24, 2.45) is 0 Å². The maximum absolute atomic E-state index is 12.5. The molecule has 0 saturated heterocycles. The predicted octanol–water partition coefficient (Wildman–Crippen LogP) is 3.72. The van der Waals surface area contributed by atoms with Crippen molar-refractivity contribution in [1.29, 1.82) is 0 Å². The van der Waals surface area contributed by atoms with Crippen LogP contribution in [0.5, 0.6) is 5.75 Å². The topological polar surface area (TPSA) is 59.7 Å². The molecule has 142 valence electrons. The van der Waals surface area contributed by atoms with Gasteiger partial charge in [-0.2, -0.15) is 0 Å². The van der Waals surface area contributed by atoms with Gasteiger partial charge in [0.1, 0.15) is 5.75 Å². The van der Waals surface area contributed by atoms with Crippen molar-refractivity contribution in [3.63, 3.8) is 0 Å². The van der Waals surface area contributed by atoms with Crippen LogP contribution in [-0.4, -0.2) is 51.4 Å². The van der Waals surface area contributed by atoms with E-state index < -0.39 is 0 Å². The smallest absolute Gasteiger partial charge is 0.233 e. The van der Waals surface area contributed by atoms with Crippen molar-refractivity contribution in [3.05, 3.63) is 42.0 Å². The molecule has 2 aromatic heterocycles. The molecule has 0 bridgehead atoms. The number of likely N-dealkylation sites (N-methyl/N-ethyl adjacent to an activating group) is 1. The highest BCUT2D eigenvalue weighted by atomic mass is 32.2. The number of nitrogens with zero attached hydrogens (tertiary/aromatic N) is 4. The van der Waals surface area contributed by atoms with Gasteiger partial charge in [-0.25, -0.2) is 0 Å². The van der Waals surface area contributed by atoms with Gasteiger partial charge in [-0.05, 0) is 44.5 Å². The number of hydrogen-bond donors (Lipinski definition) is 0. The summed E-state index contributed by atoms with van der Waals surface area (Å²) < 4.78 is 7.36. The number of ether oxygens (including phenoxy) is 1. The molecule has 1 amide bonds. The van der Waals surface area contributed by atoms with Gasteiger partial charge >= 0.3 is 0 Å². The van der Waals surface area contributed by atoms with Gasteiger partial charge in [-0.3, -0.25) is 9.20 Å². The third-order valence-electron chi connectivity index (χ3n) is 4.39. The molecule has 0 N–H and O–H groups in total. The molecule has 0 atom stereocenters. The van der Waals surface area contributed by atoms with E-state index in [1.807, 2.05) is 42.5 Å². The summed E-state index contributed by atoms with van der Waals surface area (Å²) in [6.45, 7) is 11.1. The van der Waals surface area contributed by atoms with Crippen molar-refractivity contribution >= 4 is 34.2 Å². The van der Waals surface area contributed by atoms with Gasteiger partial charge in [0, 0.05) is 24.5 Å². The Morgan fingerprint density at radius 1 is 1.33 bits per heavy atom. The zero-order valence-electron chi connectivity index (χ0n) is 16.2. The highest BCUT2D eigenvalue weighted by molar-refractivity contribution is 7.99. The molecule has 27 heavy (non-hydrogen) atoms. The van der Waals surface area contributed by atoms with E-state index in [1.165, 1.54) is 11.8 Å². The lowest BCUT2D eigenvalue weighted by Gasteiger charge is -2.20. The number of fused-ring (bicyclic) bond motifs is 3. The zero-order valence-corrected chi connectivity index (χ0v) is 17.0. The van der Waals surface area contributed by atoms with Crippen LogP contribution in [0.1, 0.15) is 19.4 Å². The molecule has 0 unspecified atom stereocenters. The fourth-order valence-electron chi connectivity index (χ4n) is 3.04. The second kappa shape index (κ2) is 8.00. The third-order valence-corrected chi connectivity index (χ3v) is 5.31. The van der Waals surface area contributed by atoms with Gasteiger partial charge in [0.15, 0.2) is 10.8 Å². The first-order chi connectivity index (χ1) is 12.9. The van der Waals surface area contributed by atoms with Crippen LogP contribution in [0.2, 0.25) is 0 Å². The Morgan fingerprint density at radius 3 is 2.78 bits per heavy atom.